The van der Waals surface area contributed by atoms with Crippen LogP contribution >= 0.6 is 23.2 Å². The molecule has 0 aliphatic heterocycles. The molecule has 0 amide bonds. The van der Waals surface area contributed by atoms with Crippen LogP contribution in [0.5, 0.6) is 5.75 Å². The minimum absolute atomic E-state index is 0.000725. The van der Waals surface area contributed by atoms with Crippen molar-refractivity contribution in [1.29, 1.82) is 0 Å². The van der Waals surface area contributed by atoms with Crippen molar-refractivity contribution in [2.24, 2.45) is 0 Å². The zero-order valence-electron chi connectivity index (χ0n) is 15.4. The van der Waals surface area contributed by atoms with Crippen LogP contribution in [0.3, 0.4) is 0 Å². The third-order valence-electron chi connectivity index (χ3n) is 3.50. The predicted octanol–water partition coefficient (Wildman–Crippen LogP) is 3.63. The molecule has 0 aliphatic carbocycles. The number of anilines is 1. The molecule has 0 aromatic heterocycles. The molecule has 0 spiro atoms. The van der Waals surface area contributed by atoms with Gasteiger partial charge in [0.25, 0.3) is 0 Å². The molecule has 0 bridgehead atoms. The maximum absolute atomic E-state index is 12.6. The Morgan fingerprint density at radius 3 is 2.29 bits per heavy atom. The highest BCUT2D eigenvalue weighted by atomic mass is 35.5. The topological polar surface area (TPSA) is 102 Å². The number of rotatable bonds is 8. The van der Waals surface area contributed by atoms with E-state index in [1.165, 1.54) is 43.5 Å². The molecular formula is C17H20Cl2N2O5S2. The summed E-state index contributed by atoms with van der Waals surface area (Å²) in [4.78, 5) is -0.0933. The third kappa shape index (κ3) is 5.99. The highest BCUT2D eigenvalue weighted by Gasteiger charge is 2.21. The van der Waals surface area contributed by atoms with Crippen molar-refractivity contribution < 1.29 is 21.6 Å². The van der Waals surface area contributed by atoms with E-state index in [0.29, 0.717) is 10.6 Å². The molecule has 2 aromatic rings. The minimum Gasteiger partial charge on any atom is -0.495 e. The number of halogens is 2. The van der Waals surface area contributed by atoms with Gasteiger partial charge in [0.05, 0.1) is 23.4 Å². The van der Waals surface area contributed by atoms with Gasteiger partial charge in [-0.1, -0.05) is 29.3 Å². The molecule has 0 unspecified atom stereocenters. The van der Waals surface area contributed by atoms with E-state index in [4.69, 9.17) is 27.9 Å². The molecule has 7 nitrogen and oxygen atoms in total. The Hall–Kier alpha value is -1.52. The SMILES string of the molecule is COc1ccc(S(=O)(=O)NC(C)C)cc1NS(=O)(=O)Cc1ccc(Cl)cc1Cl. The van der Waals surface area contributed by atoms with E-state index in [1.54, 1.807) is 13.8 Å². The first-order chi connectivity index (χ1) is 12.9. The molecule has 0 saturated carbocycles. The summed E-state index contributed by atoms with van der Waals surface area (Å²) in [7, 11) is -6.37. The lowest BCUT2D eigenvalue weighted by atomic mass is 10.2. The molecule has 0 atom stereocenters. The molecule has 0 saturated heterocycles. The van der Waals surface area contributed by atoms with Crippen molar-refractivity contribution in [2.45, 2.75) is 30.5 Å². The summed E-state index contributed by atoms with van der Waals surface area (Å²) in [6.45, 7) is 3.36. The number of ether oxygens (including phenoxy) is 1. The molecule has 2 aromatic carbocycles. The normalized spacial score (nSPS) is 12.2. The Kier molecular flexibility index (Phi) is 7.22. The summed E-state index contributed by atoms with van der Waals surface area (Å²) < 4.78 is 59.9. The largest absolute Gasteiger partial charge is 0.495 e. The summed E-state index contributed by atoms with van der Waals surface area (Å²) in [5.41, 5.74) is 0.349. The molecule has 154 valence electrons. The van der Waals surface area contributed by atoms with Crippen LogP contribution in [-0.4, -0.2) is 30.0 Å². The van der Waals surface area contributed by atoms with E-state index < -0.39 is 25.8 Å². The van der Waals surface area contributed by atoms with Crippen LogP contribution in [0.25, 0.3) is 0 Å². The Bertz CT molecular complexity index is 1070. The zero-order valence-corrected chi connectivity index (χ0v) is 18.5. The monoisotopic (exact) mass is 466 g/mol. The minimum atomic E-state index is -3.91. The lowest BCUT2D eigenvalue weighted by Crippen LogP contribution is -2.30. The highest BCUT2D eigenvalue weighted by molar-refractivity contribution is 7.92. The Balaban J connectivity index is 2.36. The fourth-order valence-corrected chi connectivity index (χ4v) is 5.42. The first-order valence-corrected chi connectivity index (χ1v) is 12.0. The number of hydrogen-bond acceptors (Lipinski definition) is 5. The molecule has 11 heteroatoms. The molecule has 0 radical (unpaired) electrons. The van der Waals surface area contributed by atoms with Crippen LogP contribution in [0.4, 0.5) is 5.69 Å². The number of benzene rings is 2. The van der Waals surface area contributed by atoms with Gasteiger partial charge in [-0.25, -0.2) is 21.6 Å². The summed E-state index contributed by atoms with van der Waals surface area (Å²) in [5.74, 6) is -0.248. The molecule has 0 heterocycles. The van der Waals surface area contributed by atoms with Gasteiger partial charge in [-0.05, 0) is 49.7 Å². The van der Waals surface area contributed by atoms with Crippen LogP contribution in [0.1, 0.15) is 19.4 Å². The van der Waals surface area contributed by atoms with E-state index in [-0.39, 0.29) is 27.4 Å². The van der Waals surface area contributed by atoms with Gasteiger partial charge < -0.3 is 4.74 Å². The molecule has 0 fully saturated rings. The van der Waals surface area contributed by atoms with Crippen molar-refractivity contribution in [3.05, 3.63) is 52.0 Å². The van der Waals surface area contributed by atoms with Gasteiger partial charge in [0.1, 0.15) is 5.75 Å². The number of sulfonamides is 2. The average Bonchev–Trinajstić information content (AvgIpc) is 2.56. The van der Waals surface area contributed by atoms with Gasteiger partial charge >= 0.3 is 0 Å². The van der Waals surface area contributed by atoms with E-state index in [1.807, 2.05) is 0 Å². The van der Waals surface area contributed by atoms with E-state index in [9.17, 15) is 16.8 Å². The number of nitrogens with one attached hydrogen (secondary N) is 2. The van der Waals surface area contributed by atoms with Crippen molar-refractivity contribution in [3.63, 3.8) is 0 Å². The average molecular weight is 467 g/mol. The first kappa shape index (κ1) is 22.8. The van der Waals surface area contributed by atoms with Crippen molar-refractivity contribution >= 4 is 48.9 Å². The van der Waals surface area contributed by atoms with Crippen molar-refractivity contribution in [2.75, 3.05) is 11.8 Å². The predicted molar refractivity (Wildman–Crippen MR) is 111 cm³/mol. The van der Waals surface area contributed by atoms with Gasteiger partial charge in [-0.2, -0.15) is 0 Å². The first-order valence-electron chi connectivity index (χ1n) is 8.08. The molecule has 2 N–H and O–H groups in total. The summed E-state index contributed by atoms with van der Waals surface area (Å²) in [6.07, 6.45) is 0. The fraction of sp³-hybridized carbons (Fsp3) is 0.294. The van der Waals surface area contributed by atoms with Crippen molar-refractivity contribution in [3.8, 4) is 5.75 Å². The van der Waals surface area contributed by atoms with Crippen LogP contribution in [0.15, 0.2) is 41.3 Å². The number of methoxy groups -OCH3 is 1. The van der Waals surface area contributed by atoms with Crippen LogP contribution in [0.2, 0.25) is 10.0 Å². The maximum atomic E-state index is 12.6. The van der Waals surface area contributed by atoms with Gasteiger partial charge in [-0.15, -0.1) is 0 Å². The second kappa shape index (κ2) is 8.87. The lowest BCUT2D eigenvalue weighted by molar-refractivity contribution is 0.416. The lowest BCUT2D eigenvalue weighted by Gasteiger charge is -2.15. The smallest absolute Gasteiger partial charge is 0.240 e. The van der Waals surface area contributed by atoms with Crippen LogP contribution in [0, 0.1) is 0 Å². The van der Waals surface area contributed by atoms with Gasteiger partial charge in [0.2, 0.25) is 20.0 Å². The van der Waals surface area contributed by atoms with Crippen LogP contribution in [-0.2, 0) is 25.8 Å². The molecular weight excluding hydrogens is 447 g/mol. The van der Waals surface area contributed by atoms with E-state index in [2.05, 4.69) is 9.44 Å². The summed E-state index contributed by atoms with van der Waals surface area (Å²) >= 11 is 11.9. The number of hydrogen-bond donors (Lipinski definition) is 2. The van der Waals surface area contributed by atoms with E-state index in [0.717, 1.165) is 0 Å². The van der Waals surface area contributed by atoms with Gasteiger partial charge in [0, 0.05) is 16.1 Å². The van der Waals surface area contributed by atoms with Crippen molar-refractivity contribution in [1.82, 2.24) is 4.72 Å². The molecule has 0 aliphatic rings. The Morgan fingerprint density at radius 2 is 1.71 bits per heavy atom. The fourth-order valence-electron chi connectivity index (χ4n) is 2.36. The van der Waals surface area contributed by atoms with Gasteiger partial charge in [0.15, 0.2) is 0 Å². The third-order valence-corrected chi connectivity index (χ3v) is 6.96. The Labute approximate surface area is 175 Å². The van der Waals surface area contributed by atoms with Crippen LogP contribution < -0.4 is 14.2 Å². The molecule has 2 rings (SSSR count). The highest BCUT2D eigenvalue weighted by Crippen LogP contribution is 2.30. The van der Waals surface area contributed by atoms with E-state index >= 15 is 0 Å². The second-order valence-corrected chi connectivity index (χ2v) is 10.5. The quantitative estimate of drug-likeness (QED) is 0.618. The summed E-state index contributed by atoms with van der Waals surface area (Å²) in [6, 6.07) is 8.07. The summed E-state index contributed by atoms with van der Waals surface area (Å²) in [5, 5.41) is 0.596. The maximum Gasteiger partial charge on any atom is 0.240 e. The molecule has 28 heavy (non-hydrogen) atoms. The zero-order chi connectivity index (χ0) is 21.1. The second-order valence-electron chi connectivity index (χ2n) is 6.23. The van der Waals surface area contributed by atoms with Gasteiger partial charge in [-0.3, -0.25) is 4.72 Å². The standard InChI is InChI=1S/C17H20Cl2N2O5S2/c1-11(2)20-28(24,25)14-6-7-17(26-3)16(9-14)21-27(22,23)10-12-4-5-13(18)8-15(12)19/h4-9,11,20-21H,10H2,1-3H3. The Morgan fingerprint density at radius 1 is 1.04 bits per heavy atom.